The first-order valence-corrected chi connectivity index (χ1v) is 10.1. The first kappa shape index (κ1) is 17.8. The molecule has 0 N–H and O–H groups in total. The third kappa shape index (κ3) is 3.62. The zero-order valence-corrected chi connectivity index (χ0v) is 16.3. The van der Waals surface area contributed by atoms with Crippen LogP contribution in [0.3, 0.4) is 0 Å². The topological polar surface area (TPSA) is 51.0 Å². The second kappa shape index (κ2) is 7.56. The highest BCUT2D eigenvalue weighted by Crippen LogP contribution is 2.35. The fourth-order valence-electron chi connectivity index (χ4n) is 3.54. The quantitative estimate of drug-likeness (QED) is 0.634. The van der Waals surface area contributed by atoms with Gasteiger partial charge in [0.05, 0.1) is 11.8 Å². The number of hydrogen-bond acceptors (Lipinski definition) is 4. The summed E-state index contributed by atoms with van der Waals surface area (Å²) in [6, 6.07) is 16.8. The molecule has 0 fully saturated rings. The van der Waals surface area contributed by atoms with Gasteiger partial charge in [0.15, 0.2) is 5.16 Å². The average molecular weight is 379 g/mol. The van der Waals surface area contributed by atoms with Gasteiger partial charge in [0.25, 0.3) is 0 Å². The molecule has 1 amide bonds. The molecule has 0 saturated heterocycles. The van der Waals surface area contributed by atoms with Crippen molar-refractivity contribution in [2.24, 2.45) is 0 Å². The number of carbonyl (C=O) groups is 1. The van der Waals surface area contributed by atoms with Gasteiger partial charge in [-0.2, -0.15) is 0 Å². The Hall–Kier alpha value is -2.60. The van der Waals surface area contributed by atoms with E-state index in [0.29, 0.717) is 5.75 Å². The molecule has 1 unspecified atom stereocenters. The lowest BCUT2D eigenvalue weighted by atomic mass is 10.1. The van der Waals surface area contributed by atoms with E-state index < -0.39 is 0 Å². The number of benzene rings is 2. The molecule has 0 aliphatic heterocycles. The van der Waals surface area contributed by atoms with Crippen LogP contribution >= 0.6 is 11.8 Å². The van der Waals surface area contributed by atoms with Gasteiger partial charge in [-0.3, -0.25) is 9.36 Å². The minimum atomic E-state index is 0.111. The lowest BCUT2D eigenvalue weighted by Crippen LogP contribution is -2.31. The molecule has 3 aromatic rings. The molecule has 27 heavy (non-hydrogen) atoms. The van der Waals surface area contributed by atoms with Gasteiger partial charge < -0.3 is 4.90 Å². The second-order valence-electron chi connectivity index (χ2n) is 6.87. The molecule has 6 heteroatoms. The number of nitrogens with zero attached hydrogens (tertiary/aromatic N) is 4. The van der Waals surface area contributed by atoms with E-state index in [1.54, 1.807) is 6.33 Å². The van der Waals surface area contributed by atoms with E-state index in [1.165, 1.54) is 28.5 Å². The molecule has 1 heterocycles. The van der Waals surface area contributed by atoms with Crippen LogP contribution in [0.4, 0.5) is 0 Å². The average Bonchev–Trinajstić information content (AvgIpc) is 3.33. The Morgan fingerprint density at radius 1 is 1.22 bits per heavy atom. The molecule has 2 aromatic carbocycles. The first-order chi connectivity index (χ1) is 13.1. The third-order valence-corrected chi connectivity index (χ3v) is 6.04. The predicted molar refractivity (Wildman–Crippen MR) is 107 cm³/mol. The van der Waals surface area contributed by atoms with Crippen molar-refractivity contribution in [1.82, 2.24) is 19.7 Å². The molecule has 1 aliphatic carbocycles. The minimum Gasteiger partial charge on any atom is -0.338 e. The summed E-state index contributed by atoms with van der Waals surface area (Å²) in [6.45, 7) is 2.06. The van der Waals surface area contributed by atoms with Crippen LogP contribution in [0.5, 0.6) is 0 Å². The maximum atomic E-state index is 12.8. The van der Waals surface area contributed by atoms with Crippen LogP contribution in [0.15, 0.2) is 60.0 Å². The molecular formula is C21H22N4OS. The van der Waals surface area contributed by atoms with Gasteiger partial charge in [0, 0.05) is 12.7 Å². The molecule has 138 valence electrons. The molecule has 0 spiro atoms. The highest BCUT2D eigenvalue weighted by atomic mass is 32.2. The van der Waals surface area contributed by atoms with Crippen molar-refractivity contribution in [2.45, 2.75) is 31.0 Å². The monoisotopic (exact) mass is 378 g/mol. The molecular weight excluding hydrogens is 356 g/mol. The van der Waals surface area contributed by atoms with Crippen molar-refractivity contribution < 1.29 is 4.79 Å². The maximum Gasteiger partial charge on any atom is 0.233 e. The lowest BCUT2D eigenvalue weighted by Gasteiger charge is -2.25. The predicted octanol–water partition coefficient (Wildman–Crippen LogP) is 3.81. The van der Waals surface area contributed by atoms with E-state index >= 15 is 0 Å². The Kier molecular flexibility index (Phi) is 4.99. The van der Waals surface area contributed by atoms with Gasteiger partial charge in [-0.05, 0) is 43.0 Å². The third-order valence-electron chi connectivity index (χ3n) is 5.12. The molecule has 1 aromatic heterocycles. The molecule has 0 radical (unpaired) electrons. The SMILES string of the molecule is Cc1ccc(-n2cnnc2SCC(=O)N(C)C2CCc3ccccc32)cc1. The summed E-state index contributed by atoms with van der Waals surface area (Å²) in [5, 5.41) is 8.93. The summed E-state index contributed by atoms with van der Waals surface area (Å²) in [7, 11) is 1.90. The number of aryl methyl sites for hydroxylation is 2. The number of hydrogen-bond donors (Lipinski definition) is 0. The van der Waals surface area contributed by atoms with Crippen LogP contribution in [0, 0.1) is 6.92 Å². The molecule has 1 atom stereocenters. The fraction of sp³-hybridized carbons (Fsp3) is 0.286. The van der Waals surface area contributed by atoms with Gasteiger partial charge in [0.2, 0.25) is 5.91 Å². The Morgan fingerprint density at radius 2 is 2.00 bits per heavy atom. The van der Waals surface area contributed by atoms with E-state index in [4.69, 9.17) is 0 Å². The largest absolute Gasteiger partial charge is 0.338 e. The van der Waals surface area contributed by atoms with Gasteiger partial charge >= 0.3 is 0 Å². The fourth-order valence-corrected chi connectivity index (χ4v) is 4.40. The van der Waals surface area contributed by atoms with Crippen LogP contribution in [0.25, 0.3) is 5.69 Å². The highest BCUT2D eigenvalue weighted by Gasteiger charge is 2.28. The van der Waals surface area contributed by atoms with Crippen LogP contribution in [-0.4, -0.2) is 38.4 Å². The number of rotatable bonds is 5. The number of amides is 1. The van der Waals surface area contributed by atoms with Gasteiger partial charge in [-0.25, -0.2) is 0 Å². The van der Waals surface area contributed by atoms with Gasteiger partial charge in [0.1, 0.15) is 6.33 Å². The maximum absolute atomic E-state index is 12.8. The number of fused-ring (bicyclic) bond motifs is 1. The Labute approximate surface area is 163 Å². The molecule has 0 bridgehead atoms. The smallest absolute Gasteiger partial charge is 0.233 e. The van der Waals surface area contributed by atoms with Crippen molar-refractivity contribution >= 4 is 17.7 Å². The minimum absolute atomic E-state index is 0.111. The zero-order chi connectivity index (χ0) is 18.8. The van der Waals surface area contributed by atoms with Gasteiger partial charge in [-0.1, -0.05) is 53.7 Å². The van der Waals surface area contributed by atoms with Crippen LogP contribution in [0.1, 0.15) is 29.2 Å². The van der Waals surface area contributed by atoms with E-state index in [0.717, 1.165) is 23.7 Å². The summed E-state index contributed by atoms with van der Waals surface area (Å²) >= 11 is 1.43. The van der Waals surface area contributed by atoms with Crippen molar-refractivity contribution in [3.8, 4) is 5.69 Å². The van der Waals surface area contributed by atoms with Crippen molar-refractivity contribution in [1.29, 1.82) is 0 Å². The standard InChI is InChI=1S/C21H22N4OS/c1-15-7-10-17(11-8-15)25-14-22-23-21(25)27-13-20(26)24(2)19-12-9-16-5-3-4-6-18(16)19/h3-8,10-11,14,19H,9,12-13H2,1-2H3. The number of carbonyl (C=O) groups excluding carboxylic acids is 1. The van der Waals surface area contributed by atoms with Crippen LogP contribution < -0.4 is 0 Å². The summed E-state index contributed by atoms with van der Waals surface area (Å²) in [4.78, 5) is 14.7. The van der Waals surface area contributed by atoms with Crippen molar-refractivity contribution in [3.63, 3.8) is 0 Å². The van der Waals surface area contributed by atoms with Gasteiger partial charge in [-0.15, -0.1) is 10.2 Å². The molecule has 4 rings (SSSR count). The molecule has 5 nitrogen and oxygen atoms in total. The van der Waals surface area contributed by atoms with E-state index in [2.05, 4.69) is 47.5 Å². The number of aromatic nitrogens is 3. The van der Waals surface area contributed by atoms with Crippen molar-refractivity contribution in [2.75, 3.05) is 12.8 Å². The highest BCUT2D eigenvalue weighted by molar-refractivity contribution is 7.99. The van der Waals surface area contributed by atoms with Crippen LogP contribution in [0.2, 0.25) is 0 Å². The first-order valence-electron chi connectivity index (χ1n) is 9.07. The van der Waals surface area contributed by atoms with Crippen LogP contribution in [-0.2, 0) is 11.2 Å². The van der Waals surface area contributed by atoms with Crippen molar-refractivity contribution in [3.05, 3.63) is 71.5 Å². The van der Waals surface area contributed by atoms with E-state index in [1.807, 2.05) is 34.7 Å². The summed E-state index contributed by atoms with van der Waals surface area (Å²) < 4.78 is 1.92. The van der Waals surface area contributed by atoms with E-state index in [9.17, 15) is 4.79 Å². The molecule has 1 aliphatic rings. The Balaban J connectivity index is 1.43. The lowest BCUT2D eigenvalue weighted by molar-refractivity contribution is -0.129. The van der Waals surface area contributed by atoms with E-state index in [-0.39, 0.29) is 11.9 Å². The Morgan fingerprint density at radius 3 is 2.81 bits per heavy atom. The Bertz CT molecular complexity index is 951. The second-order valence-corrected chi connectivity index (χ2v) is 7.81. The summed E-state index contributed by atoms with van der Waals surface area (Å²) in [6.07, 6.45) is 3.72. The summed E-state index contributed by atoms with van der Waals surface area (Å²) in [5.41, 5.74) is 4.84. The number of thioether (sulfide) groups is 1. The summed E-state index contributed by atoms with van der Waals surface area (Å²) in [5.74, 6) is 0.458. The zero-order valence-electron chi connectivity index (χ0n) is 15.5. The molecule has 0 saturated carbocycles. The normalized spacial score (nSPS) is 15.6.